The Kier molecular flexibility index (Phi) is 6.42. The third kappa shape index (κ3) is 4.37. The third-order valence-corrected chi connectivity index (χ3v) is 5.97. The molecule has 1 unspecified atom stereocenters. The minimum absolute atomic E-state index is 0.104. The Morgan fingerprint density at radius 2 is 2.03 bits per heavy atom. The molecule has 1 aliphatic rings. The lowest BCUT2D eigenvalue weighted by Gasteiger charge is -2.22. The summed E-state index contributed by atoms with van der Waals surface area (Å²) in [6.45, 7) is 10.6. The molecule has 29 heavy (non-hydrogen) atoms. The summed E-state index contributed by atoms with van der Waals surface area (Å²) >= 11 is 3.51. The molecule has 0 fully saturated rings. The van der Waals surface area contributed by atoms with Gasteiger partial charge in [0.15, 0.2) is 5.78 Å². The highest BCUT2D eigenvalue weighted by molar-refractivity contribution is 9.10. The molecule has 0 radical (unpaired) electrons. The van der Waals surface area contributed by atoms with Crippen molar-refractivity contribution in [1.29, 1.82) is 0 Å². The lowest BCUT2D eigenvalue weighted by atomic mass is 9.84. The molecule has 1 heterocycles. The zero-order valence-corrected chi connectivity index (χ0v) is 19.3. The average Bonchev–Trinajstić information content (AvgIpc) is 3.09. The maximum Gasteiger partial charge on any atom is 0.252 e. The minimum atomic E-state index is -0.199. The fourth-order valence-electron chi connectivity index (χ4n) is 3.76. The number of halogens is 1. The molecular formula is C23H28BrN3O2. The van der Waals surface area contributed by atoms with E-state index in [9.17, 15) is 9.59 Å². The Morgan fingerprint density at radius 3 is 2.69 bits per heavy atom. The van der Waals surface area contributed by atoms with E-state index in [0.717, 1.165) is 38.5 Å². The Morgan fingerprint density at radius 1 is 1.31 bits per heavy atom. The standard InChI is InChI=1S/C23H28BrN3O2/c1-6-15(5)17-7-14(4)8-22(28)20(17)11-25-23(29)18-9-16(24)10-21-19(18)12-26-27(21)13(2)3/h7,9-10,12-13,15H,6,8,11H2,1-5H3,(H,25,29). The van der Waals surface area contributed by atoms with E-state index in [1.165, 1.54) is 0 Å². The number of hydrogen-bond donors (Lipinski definition) is 1. The molecular weight excluding hydrogens is 430 g/mol. The molecule has 3 rings (SSSR count). The molecule has 1 aromatic heterocycles. The fraction of sp³-hybridized carbons (Fsp3) is 0.435. The number of rotatable bonds is 6. The molecule has 1 aromatic carbocycles. The van der Waals surface area contributed by atoms with Crippen molar-refractivity contribution in [3.63, 3.8) is 0 Å². The number of nitrogens with one attached hydrogen (secondary N) is 1. The quantitative estimate of drug-likeness (QED) is 0.633. The molecule has 154 valence electrons. The van der Waals surface area contributed by atoms with E-state index in [0.29, 0.717) is 12.0 Å². The maximum absolute atomic E-state index is 13.0. The van der Waals surface area contributed by atoms with Crippen LogP contribution in [0.1, 0.15) is 63.9 Å². The van der Waals surface area contributed by atoms with Gasteiger partial charge in [0.2, 0.25) is 0 Å². The van der Waals surface area contributed by atoms with Crippen LogP contribution in [0.15, 0.2) is 45.6 Å². The van der Waals surface area contributed by atoms with Gasteiger partial charge in [0.1, 0.15) is 0 Å². The molecule has 1 amide bonds. The maximum atomic E-state index is 13.0. The number of fused-ring (bicyclic) bond motifs is 1. The van der Waals surface area contributed by atoms with Crippen LogP contribution in [0.3, 0.4) is 0 Å². The van der Waals surface area contributed by atoms with E-state index in [1.54, 1.807) is 12.3 Å². The van der Waals surface area contributed by atoms with Gasteiger partial charge in [-0.15, -0.1) is 0 Å². The Hall–Kier alpha value is -2.21. The lowest BCUT2D eigenvalue weighted by molar-refractivity contribution is -0.115. The first kappa shape index (κ1) is 21.5. The third-order valence-electron chi connectivity index (χ3n) is 5.51. The Balaban J connectivity index is 1.92. The molecule has 0 aliphatic heterocycles. The van der Waals surface area contributed by atoms with Crippen molar-refractivity contribution in [3.05, 3.63) is 51.2 Å². The first-order chi connectivity index (χ1) is 13.7. The topological polar surface area (TPSA) is 64.0 Å². The van der Waals surface area contributed by atoms with Crippen LogP contribution in [0, 0.1) is 5.92 Å². The number of allylic oxidation sites excluding steroid dienone is 3. The number of aromatic nitrogens is 2. The molecule has 6 heteroatoms. The number of ketones is 1. The number of hydrogen-bond acceptors (Lipinski definition) is 3. The second-order valence-electron chi connectivity index (χ2n) is 8.09. The van der Waals surface area contributed by atoms with Crippen LogP contribution in [0.25, 0.3) is 10.9 Å². The first-order valence-electron chi connectivity index (χ1n) is 10.1. The average molecular weight is 458 g/mol. The molecule has 0 saturated carbocycles. The van der Waals surface area contributed by atoms with Gasteiger partial charge in [-0.3, -0.25) is 14.3 Å². The van der Waals surface area contributed by atoms with E-state index in [1.807, 2.05) is 17.7 Å². The van der Waals surface area contributed by atoms with Crippen molar-refractivity contribution in [2.45, 2.75) is 53.5 Å². The molecule has 1 atom stereocenters. The van der Waals surface area contributed by atoms with Crippen molar-refractivity contribution in [1.82, 2.24) is 15.1 Å². The predicted molar refractivity (Wildman–Crippen MR) is 120 cm³/mol. The summed E-state index contributed by atoms with van der Waals surface area (Å²) in [6.07, 6.45) is 5.22. The second-order valence-corrected chi connectivity index (χ2v) is 9.00. The van der Waals surface area contributed by atoms with Gasteiger partial charge in [-0.1, -0.05) is 41.4 Å². The monoisotopic (exact) mass is 457 g/mol. The normalized spacial score (nSPS) is 15.8. The Labute approximate surface area is 180 Å². The van der Waals surface area contributed by atoms with Crippen molar-refractivity contribution in [2.75, 3.05) is 6.54 Å². The van der Waals surface area contributed by atoms with E-state index < -0.39 is 0 Å². The van der Waals surface area contributed by atoms with E-state index in [-0.39, 0.29) is 30.2 Å². The van der Waals surface area contributed by atoms with E-state index >= 15 is 0 Å². The van der Waals surface area contributed by atoms with E-state index in [2.05, 4.69) is 60.1 Å². The number of amides is 1. The van der Waals surface area contributed by atoms with Crippen LogP contribution in [-0.4, -0.2) is 28.0 Å². The smallest absolute Gasteiger partial charge is 0.252 e. The number of carbonyl (C=O) groups excluding carboxylic acids is 2. The van der Waals surface area contributed by atoms with Gasteiger partial charge in [0.05, 0.1) is 17.3 Å². The van der Waals surface area contributed by atoms with Gasteiger partial charge in [-0.05, 0) is 50.8 Å². The highest BCUT2D eigenvalue weighted by Gasteiger charge is 2.23. The summed E-state index contributed by atoms with van der Waals surface area (Å²) in [5.74, 6) is 0.185. The predicted octanol–water partition coefficient (Wildman–Crippen LogP) is 5.37. The molecule has 2 aromatic rings. The number of nitrogens with zero attached hydrogens (tertiary/aromatic N) is 2. The van der Waals surface area contributed by atoms with Crippen LogP contribution in [0.4, 0.5) is 0 Å². The summed E-state index contributed by atoms with van der Waals surface area (Å²) in [6, 6.07) is 3.97. The minimum Gasteiger partial charge on any atom is -0.348 e. The molecule has 0 spiro atoms. The summed E-state index contributed by atoms with van der Waals surface area (Å²) in [4.78, 5) is 25.7. The largest absolute Gasteiger partial charge is 0.348 e. The van der Waals surface area contributed by atoms with Crippen molar-refractivity contribution in [3.8, 4) is 0 Å². The highest BCUT2D eigenvalue weighted by atomic mass is 79.9. The molecule has 5 nitrogen and oxygen atoms in total. The van der Waals surface area contributed by atoms with Crippen LogP contribution < -0.4 is 5.32 Å². The van der Waals surface area contributed by atoms with Crippen molar-refractivity contribution < 1.29 is 9.59 Å². The van der Waals surface area contributed by atoms with Gasteiger partial charge in [-0.2, -0.15) is 5.10 Å². The van der Waals surface area contributed by atoms with Crippen molar-refractivity contribution in [2.24, 2.45) is 5.92 Å². The van der Waals surface area contributed by atoms with Crippen LogP contribution in [-0.2, 0) is 4.79 Å². The lowest BCUT2D eigenvalue weighted by Crippen LogP contribution is -2.30. The number of benzene rings is 1. The summed E-state index contributed by atoms with van der Waals surface area (Å²) < 4.78 is 2.72. The van der Waals surface area contributed by atoms with Crippen LogP contribution in [0.2, 0.25) is 0 Å². The van der Waals surface area contributed by atoms with Gasteiger partial charge >= 0.3 is 0 Å². The molecule has 0 saturated heterocycles. The summed E-state index contributed by atoms with van der Waals surface area (Å²) in [5, 5.41) is 8.22. The molecule has 1 aliphatic carbocycles. The Bertz CT molecular complexity index is 1030. The highest BCUT2D eigenvalue weighted by Crippen LogP contribution is 2.29. The zero-order valence-electron chi connectivity index (χ0n) is 17.7. The first-order valence-corrected chi connectivity index (χ1v) is 10.9. The number of carbonyl (C=O) groups is 2. The molecule has 1 N–H and O–H groups in total. The SMILES string of the molecule is CCC(C)C1=C(CNC(=O)c2cc(Br)cc3c2cnn3C(C)C)C(=O)CC(C)=C1. The van der Waals surface area contributed by atoms with Crippen LogP contribution >= 0.6 is 15.9 Å². The van der Waals surface area contributed by atoms with E-state index in [4.69, 9.17) is 0 Å². The number of Topliss-reactive ketones (excluding diaryl/α,β-unsaturated/α-hetero) is 1. The fourth-order valence-corrected chi connectivity index (χ4v) is 4.20. The van der Waals surface area contributed by atoms with Gasteiger partial charge in [0, 0.05) is 34.4 Å². The van der Waals surface area contributed by atoms with Gasteiger partial charge < -0.3 is 5.32 Å². The second kappa shape index (κ2) is 8.66. The zero-order chi connectivity index (χ0) is 21.3. The van der Waals surface area contributed by atoms with Crippen LogP contribution in [0.5, 0.6) is 0 Å². The summed E-state index contributed by atoms with van der Waals surface area (Å²) in [5.41, 5.74) is 4.32. The van der Waals surface area contributed by atoms with Gasteiger partial charge in [0.25, 0.3) is 5.91 Å². The van der Waals surface area contributed by atoms with Crippen molar-refractivity contribution >= 4 is 38.5 Å². The van der Waals surface area contributed by atoms with Gasteiger partial charge in [-0.25, -0.2) is 0 Å². The molecule has 0 bridgehead atoms. The summed E-state index contributed by atoms with van der Waals surface area (Å²) in [7, 11) is 0.